The Hall–Kier alpha value is -2.58. The van der Waals surface area contributed by atoms with Crippen molar-refractivity contribution < 1.29 is 19.9 Å². The van der Waals surface area contributed by atoms with Crippen molar-refractivity contribution in [2.24, 2.45) is 0 Å². The Labute approximate surface area is 155 Å². The minimum atomic E-state index is -0.392. The number of aromatic nitrogens is 2. The van der Waals surface area contributed by atoms with Gasteiger partial charge in [0.2, 0.25) is 5.88 Å². The molecule has 1 aliphatic rings. The van der Waals surface area contributed by atoms with Gasteiger partial charge in [-0.3, -0.25) is 14.3 Å². The molecule has 1 aromatic heterocycles. The number of nitrogens with two attached hydrogens (primary N) is 1. The van der Waals surface area contributed by atoms with E-state index in [0.717, 1.165) is 24.1 Å². The van der Waals surface area contributed by atoms with Crippen LogP contribution in [0.25, 0.3) is 0 Å². The lowest BCUT2D eigenvalue weighted by atomic mass is 9.90. The zero-order valence-corrected chi connectivity index (χ0v) is 15.6. The highest BCUT2D eigenvalue weighted by atomic mass is 32.1. The van der Waals surface area contributed by atoms with Gasteiger partial charge in [-0.25, -0.2) is 0 Å². The van der Waals surface area contributed by atoms with Crippen LogP contribution in [0, 0.1) is 4.77 Å². The zero-order chi connectivity index (χ0) is 18.8. The van der Waals surface area contributed by atoms with E-state index in [4.69, 9.17) is 21.7 Å². The number of aromatic hydroxyl groups is 1. The van der Waals surface area contributed by atoms with Gasteiger partial charge in [0, 0.05) is 18.5 Å². The Kier molecular flexibility index (Phi) is 5.15. The summed E-state index contributed by atoms with van der Waals surface area (Å²) in [5.74, 6) is 1.09. The first-order valence-corrected chi connectivity index (χ1v) is 8.67. The van der Waals surface area contributed by atoms with Gasteiger partial charge in [0.1, 0.15) is 11.6 Å². The summed E-state index contributed by atoms with van der Waals surface area (Å²) in [6.45, 7) is 4.76. The predicted octanol–water partition coefficient (Wildman–Crippen LogP) is 1.02. The Morgan fingerprint density at radius 3 is 2.77 bits per heavy atom. The fraction of sp³-hybridized carbons (Fsp3) is 0.333. The second-order valence-corrected chi connectivity index (χ2v) is 6.44. The summed E-state index contributed by atoms with van der Waals surface area (Å²) >= 11 is 5.16. The normalized spacial score (nSPS) is 16.0. The molecule has 2 heterocycles. The topological polar surface area (TPSA) is 93.1 Å². The molecule has 3 rings (SSSR count). The first-order valence-electron chi connectivity index (χ1n) is 8.26. The number of hydrogen-bond acceptors (Lipinski definition) is 5. The van der Waals surface area contributed by atoms with E-state index in [9.17, 15) is 9.90 Å². The number of allylic oxidation sites excluding steroid dienone is 1. The van der Waals surface area contributed by atoms with E-state index in [1.807, 2.05) is 17.4 Å². The minimum absolute atomic E-state index is 0.137. The number of rotatable bonds is 5. The van der Waals surface area contributed by atoms with Gasteiger partial charge < -0.3 is 19.9 Å². The summed E-state index contributed by atoms with van der Waals surface area (Å²) in [6, 6.07) is 3.43. The molecule has 1 aromatic carbocycles. The molecule has 0 saturated heterocycles. The number of methoxy groups -OCH3 is 2. The van der Waals surface area contributed by atoms with Crippen LogP contribution < -0.4 is 20.3 Å². The van der Waals surface area contributed by atoms with Crippen molar-refractivity contribution in [3.05, 3.63) is 56.6 Å². The lowest BCUT2D eigenvalue weighted by molar-refractivity contribution is -0.690. The molecule has 0 bridgehead atoms. The number of ether oxygens (including phenoxy) is 2. The lowest BCUT2D eigenvalue weighted by Crippen LogP contribution is -2.87. The molecule has 0 spiro atoms. The molecular formula is C18H22N3O4S+. The third kappa shape index (κ3) is 3.02. The van der Waals surface area contributed by atoms with Crippen LogP contribution in [-0.2, 0) is 13.0 Å². The number of H-pyrrole nitrogens is 1. The summed E-state index contributed by atoms with van der Waals surface area (Å²) in [5.41, 5.74) is 1.86. The first-order chi connectivity index (χ1) is 12.5. The Bertz CT molecular complexity index is 964. The summed E-state index contributed by atoms with van der Waals surface area (Å²) in [5, 5.41) is 12.8. The smallest absolute Gasteiger partial charge is 0.265 e. The summed E-state index contributed by atoms with van der Waals surface area (Å²) in [7, 11) is 3.16. The van der Waals surface area contributed by atoms with Crippen LogP contribution in [0.15, 0.2) is 29.6 Å². The number of aromatic amines is 1. The lowest BCUT2D eigenvalue weighted by Gasteiger charge is -2.26. The van der Waals surface area contributed by atoms with Crippen molar-refractivity contribution in [2.45, 2.75) is 19.0 Å². The number of fused-ring (bicyclic) bond motifs is 1. The Balaban J connectivity index is 2.22. The third-order valence-corrected chi connectivity index (χ3v) is 4.95. The van der Waals surface area contributed by atoms with E-state index in [0.29, 0.717) is 18.0 Å². The zero-order valence-electron chi connectivity index (χ0n) is 14.7. The highest BCUT2D eigenvalue weighted by molar-refractivity contribution is 7.71. The van der Waals surface area contributed by atoms with Crippen molar-refractivity contribution in [3.8, 4) is 17.4 Å². The van der Waals surface area contributed by atoms with Crippen molar-refractivity contribution in [1.29, 1.82) is 0 Å². The van der Waals surface area contributed by atoms with Crippen LogP contribution in [0.3, 0.4) is 0 Å². The average Bonchev–Trinajstić information content (AvgIpc) is 2.64. The highest BCUT2D eigenvalue weighted by Crippen LogP contribution is 2.36. The maximum Gasteiger partial charge on any atom is 0.265 e. The van der Waals surface area contributed by atoms with E-state index < -0.39 is 5.56 Å². The van der Waals surface area contributed by atoms with Gasteiger partial charge in [0.25, 0.3) is 5.56 Å². The van der Waals surface area contributed by atoms with E-state index in [-0.39, 0.29) is 22.3 Å². The second kappa shape index (κ2) is 7.35. The molecule has 0 saturated carbocycles. The van der Waals surface area contributed by atoms with Crippen LogP contribution in [-0.4, -0.2) is 35.4 Å². The molecule has 138 valence electrons. The molecule has 1 atom stereocenters. The van der Waals surface area contributed by atoms with E-state index in [1.54, 1.807) is 20.3 Å². The van der Waals surface area contributed by atoms with Crippen LogP contribution in [0.5, 0.6) is 17.4 Å². The maximum atomic E-state index is 12.6. The highest BCUT2D eigenvalue weighted by Gasteiger charge is 2.32. The second-order valence-electron chi connectivity index (χ2n) is 6.05. The summed E-state index contributed by atoms with van der Waals surface area (Å²) in [6.07, 6.45) is 2.45. The van der Waals surface area contributed by atoms with E-state index in [2.05, 4.69) is 11.6 Å². The van der Waals surface area contributed by atoms with E-state index in [1.165, 1.54) is 4.57 Å². The molecule has 0 fully saturated rings. The van der Waals surface area contributed by atoms with Gasteiger partial charge >= 0.3 is 0 Å². The number of benzene rings is 1. The molecule has 0 amide bonds. The van der Waals surface area contributed by atoms with E-state index >= 15 is 0 Å². The molecule has 0 radical (unpaired) electrons. The molecule has 2 aromatic rings. The number of quaternary nitrogens is 1. The third-order valence-electron chi connectivity index (χ3n) is 4.63. The molecule has 1 aliphatic heterocycles. The quantitative estimate of drug-likeness (QED) is 0.535. The van der Waals surface area contributed by atoms with Crippen LogP contribution in [0.2, 0.25) is 0 Å². The monoisotopic (exact) mass is 376 g/mol. The number of nitrogens with zero attached hydrogens (tertiary/aromatic N) is 1. The fourth-order valence-corrected chi connectivity index (χ4v) is 3.66. The Morgan fingerprint density at radius 2 is 2.12 bits per heavy atom. The molecule has 0 aliphatic carbocycles. The van der Waals surface area contributed by atoms with Gasteiger partial charge in [0.05, 0.1) is 20.8 Å². The van der Waals surface area contributed by atoms with Gasteiger partial charge in [-0.05, 0) is 29.9 Å². The standard InChI is InChI=1S/C18H21N3O4S/c1-4-7-21-17(23)14(16(22)20-18(21)26)15-11-9-13(25-3)12(24-2)8-10(11)5-6-19-15/h4,8-9,15,19,23H,1,5-7H2,2-3H3,(H,20,22,26)/p+1/t15-/m1/s1. The average molecular weight is 376 g/mol. The van der Waals surface area contributed by atoms with Gasteiger partial charge in [-0.2, -0.15) is 0 Å². The summed E-state index contributed by atoms with van der Waals surface area (Å²) in [4.78, 5) is 15.3. The molecule has 8 heteroatoms. The molecule has 26 heavy (non-hydrogen) atoms. The molecule has 4 N–H and O–H groups in total. The van der Waals surface area contributed by atoms with Crippen LogP contribution in [0.1, 0.15) is 22.7 Å². The summed E-state index contributed by atoms with van der Waals surface area (Å²) < 4.78 is 12.4. The van der Waals surface area contributed by atoms with Gasteiger partial charge in [-0.15, -0.1) is 6.58 Å². The maximum absolute atomic E-state index is 12.6. The first kappa shape index (κ1) is 18.2. The van der Waals surface area contributed by atoms with Crippen LogP contribution >= 0.6 is 12.2 Å². The van der Waals surface area contributed by atoms with Gasteiger partial charge in [0.15, 0.2) is 16.3 Å². The Morgan fingerprint density at radius 1 is 1.42 bits per heavy atom. The minimum Gasteiger partial charge on any atom is -0.494 e. The molecular weight excluding hydrogens is 354 g/mol. The molecule has 0 unspecified atom stereocenters. The van der Waals surface area contributed by atoms with Crippen molar-refractivity contribution in [3.63, 3.8) is 0 Å². The van der Waals surface area contributed by atoms with Crippen molar-refractivity contribution >= 4 is 12.2 Å². The SMILES string of the molecule is C=CCn1c(O)c([C@@H]2[NH2+]CCc3cc(OC)c(OC)cc32)c(=O)[nH]c1=S. The predicted molar refractivity (Wildman–Crippen MR) is 99.6 cm³/mol. The molecule has 7 nitrogen and oxygen atoms in total. The van der Waals surface area contributed by atoms with Crippen molar-refractivity contribution in [1.82, 2.24) is 9.55 Å². The largest absolute Gasteiger partial charge is 0.494 e. The van der Waals surface area contributed by atoms with Gasteiger partial charge in [-0.1, -0.05) is 6.08 Å². The van der Waals surface area contributed by atoms with Crippen LogP contribution in [0.4, 0.5) is 0 Å². The number of hydrogen-bond donors (Lipinski definition) is 3. The fourth-order valence-electron chi connectivity index (χ4n) is 3.40. The van der Waals surface area contributed by atoms with Crippen molar-refractivity contribution in [2.75, 3.05) is 20.8 Å². The number of nitrogens with one attached hydrogen (secondary N) is 1.